The lowest BCUT2D eigenvalue weighted by Gasteiger charge is -2.03. The van der Waals surface area contributed by atoms with Crippen LogP contribution in [-0.2, 0) is 22.6 Å². The quantitative estimate of drug-likeness (QED) is 0.684. The van der Waals surface area contributed by atoms with E-state index in [1.807, 2.05) is 6.92 Å². The minimum atomic E-state index is -0.378. The van der Waals surface area contributed by atoms with Crippen LogP contribution >= 0.6 is 0 Å². The molecule has 0 amide bonds. The molecule has 15 heavy (non-hydrogen) atoms. The number of hydrogen-bond acceptors (Lipinski definition) is 3. The lowest BCUT2D eigenvalue weighted by molar-refractivity contribution is -0.143. The number of aromatic nitrogens is 2. The molecular weight excluding hydrogens is 196 g/mol. The van der Waals surface area contributed by atoms with E-state index < -0.39 is 0 Å². The predicted octanol–water partition coefficient (Wildman–Crippen LogP) is 0.541. The first-order valence-electron chi connectivity index (χ1n) is 5.02. The molecule has 0 saturated heterocycles. The molecule has 5 heteroatoms. The average Bonchev–Trinajstić information content (AvgIpc) is 2.45. The van der Waals surface area contributed by atoms with Crippen molar-refractivity contribution in [2.24, 2.45) is 0 Å². The minimum absolute atomic E-state index is 0.00843. The Morgan fingerprint density at radius 3 is 2.60 bits per heavy atom. The maximum absolute atomic E-state index is 11.7. The van der Waals surface area contributed by atoms with Gasteiger partial charge in [-0.2, -0.15) is 0 Å². The number of hydrogen-bond donors (Lipinski definition) is 0. The standard InChI is InChI=1S/C10H16N2O3/c1-4-11-6-8(3)12(10(11)14)7-9(13)15-5-2/h6H,4-5,7H2,1-3H3. The molecule has 1 rings (SSSR count). The minimum Gasteiger partial charge on any atom is -0.465 e. The first-order chi connectivity index (χ1) is 7.10. The summed E-state index contributed by atoms with van der Waals surface area (Å²) in [5.41, 5.74) is 0.609. The number of ether oxygens (including phenoxy) is 1. The highest BCUT2D eigenvalue weighted by Gasteiger charge is 2.11. The molecule has 0 aliphatic carbocycles. The predicted molar refractivity (Wildman–Crippen MR) is 55.7 cm³/mol. The van der Waals surface area contributed by atoms with Crippen molar-refractivity contribution >= 4 is 5.97 Å². The van der Waals surface area contributed by atoms with Crippen LogP contribution in [0.15, 0.2) is 11.0 Å². The summed E-state index contributed by atoms with van der Waals surface area (Å²) < 4.78 is 7.77. The lowest BCUT2D eigenvalue weighted by atomic mass is 10.5. The number of nitrogens with zero attached hydrogens (tertiary/aromatic N) is 2. The Labute approximate surface area is 88.3 Å². The zero-order chi connectivity index (χ0) is 11.4. The number of carbonyl (C=O) groups excluding carboxylic acids is 1. The molecule has 0 unspecified atom stereocenters. The zero-order valence-corrected chi connectivity index (χ0v) is 9.32. The number of rotatable bonds is 4. The Morgan fingerprint density at radius 1 is 1.47 bits per heavy atom. The normalized spacial score (nSPS) is 10.3. The molecule has 1 aromatic heterocycles. The maximum atomic E-state index is 11.7. The number of esters is 1. The number of carbonyl (C=O) groups is 1. The van der Waals surface area contributed by atoms with Crippen molar-refractivity contribution in [3.8, 4) is 0 Å². The molecule has 0 aliphatic heterocycles. The Morgan fingerprint density at radius 2 is 2.13 bits per heavy atom. The molecule has 1 heterocycles. The van der Waals surface area contributed by atoms with Crippen LogP contribution in [0.3, 0.4) is 0 Å². The van der Waals surface area contributed by atoms with Gasteiger partial charge in [0.25, 0.3) is 0 Å². The van der Waals surface area contributed by atoms with Crippen LogP contribution in [0.2, 0.25) is 0 Å². The van der Waals surface area contributed by atoms with Crippen LogP contribution in [0.25, 0.3) is 0 Å². The van der Waals surface area contributed by atoms with Gasteiger partial charge < -0.3 is 4.74 Å². The molecule has 0 atom stereocenters. The van der Waals surface area contributed by atoms with Crippen LogP contribution in [0.1, 0.15) is 19.5 Å². The van der Waals surface area contributed by atoms with E-state index in [1.165, 1.54) is 4.57 Å². The highest BCUT2D eigenvalue weighted by molar-refractivity contribution is 5.69. The molecule has 0 N–H and O–H groups in total. The maximum Gasteiger partial charge on any atom is 0.328 e. The molecular formula is C10H16N2O3. The Kier molecular flexibility index (Phi) is 3.71. The molecule has 0 saturated carbocycles. The van der Waals surface area contributed by atoms with Gasteiger partial charge in [-0.1, -0.05) is 0 Å². The van der Waals surface area contributed by atoms with E-state index in [1.54, 1.807) is 24.6 Å². The third-order valence-electron chi connectivity index (χ3n) is 2.18. The van der Waals surface area contributed by atoms with Gasteiger partial charge in [0.05, 0.1) is 6.61 Å². The van der Waals surface area contributed by atoms with Crippen molar-refractivity contribution in [3.05, 3.63) is 22.4 Å². The van der Waals surface area contributed by atoms with E-state index in [9.17, 15) is 9.59 Å². The van der Waals surface area contributed by atoms with E-state index in [-0.39, 0.29) is 18.2 Å². The lowest BCUT2D eigenvalue weighted by Crippen LogP contribution is -2.28. The summed E-state index contributed by atoms with van der Waals surface area (Å²) in [5, 5.41) is 0. The van der Waals surface area contributed by atoms with Crippen molar-refractivity contribution in [1.29, 1.82) is 0 Å². The third kappa shape index (κ3) is 2.49. The second-order valence-electron chi connectivity index (χ2n) is 3.23. The molecule has 84 valence electrons. The molecule has 0 bridgehead atoms. The van der Waals surface area contributed by atoms with Gasteiger partial charge in [-0.25, -0.2) is 4.79 Å². The highest BCUT2D eigenvalue weighted by atomic mass is 16.5. The fraction of sp³-hybridized carbons (Fsp3) is 0.600. The molecule has 0 spiro atoms. The van der Waals surface area contributed by atoms with Crippen molar-refractivity contribution in [1.82, 2.24) is 9.13 Å². The monoisotopic (exact) mass is 212 g/mol. The van der Waals surface area contributed by atoms with Gasteiger partial charge >= 0.3 is 11.7 Å². The molecule has 0 aliphatic rings. The van der Waals surface area contributed by atoms with Crippen molar-refractivity contribution in [2.75, 3.05) is 6.61 Å². The van der Waals surface area contributed by atoms with Crippen LogP contribution in [0, 0.1) is 6.92 Å². The average molecular weight is 212 g/mol. The largest absolute Gasteiger partial charge is 0.465 e. The molecule has 0 aromatic carbocycles. The molecule has 1 aromatic rings. The summed E-state index contributed by atoms with van der Waals surface area (Å²) in [6, 6.07) is 0. The van der Waals surface area contributed by atoms with E-state index in [4.69, 9.17) is 4.74 Å². The second-order valence-corrected chi connectivity index (χ2v) is 3.23. The first kappa shape index (κ1) is 11.6. The summed E-state index contributed by atoms with van der Waals surface area (Å²) in [6.07, 6.45) is 1.74. The zero-order valence-electron chi connectivity index (χ0n) is 9.32. The summed E-state index contributed by atoms with van der Waals surface area (Å²) >= 11 is 0. The summed E-state index contributed by atoms with van der Waals surface area (Å²) in [5.74, 6) is -0.378. The van der Waals surface area contributed by atoms with Crippen molar-refractivity contribution in [2.45, 2.75) is 33.9 Å². The molecule has 0 fully saturated rings. The van der Waals surface area contributed by atoms with Gasteiger partial charge in [-0.3, -0.25) is 13.9 Å². The summed E-state index contributed by atoms with van der Waals surface area (Å²) in [7, 11) is 0. The van der Waals surface area contributed by atoms with Crippen LogP contribution in [0.4, 0.5) is 0 Å². The van der Waals surface area contributed by atoms with Gasteiger partial charge in [0.1, 0.15) is 6.54 Å². The summed E-state index contributed by atoms with van der Waals surface area (Å²) in [4.78, 5) is 22.9. The fourth-order valence-corrected chi connectivity index (χ4v) is 1.41. The van der Waals surface area contributed by atoms with E-state index in [0.29, 0.717) is 13.2 Å². The van der Waals surface area contributed by atoms with Crippen molar-refractivity contribution < 1.29 is 9.53 Å². The fourth-order valence-electron chi connectivity index (χ4n) is 1.41. The van der Waals surface area contributed by atoms with Gasteiger partial charge in [0.2, 0.25) is 0 Å². The van der Waals surface area contributed by atoms with Gasteiger partial charge in [-0.15, -0.1) is 0 Å². The first-order valence-corrected chi connectivity index (χ1v) is 5.02. The number of imidazole rings is 1. The van der Waals surface area contributed by atoms with Gasteiger partial charge in [0, 0.05) is 18.4 Å². The van der Waals surface area contributed by atoms with E-state index >= 15 is 0 Å². The molecule has 5 nitrogen and oxygen atoms in total. The smallest absolute Gasteiger partial charge is 0.328 e. The molecule has 0 radical (unpaired) electrons. The topological polar surface area (TPSA) is 53.2 Å². The van der Waals surface area contributed by atoms with Gasteiger partial charge in [-0.05, 0) is 20.8 Å². The van der Waals surface area contributed by atoms with Crippen LogP contribution < -0.4 is 5.69 Å². The Balaban J connectivity index is 2.90. The Bertz CT molecular complexity index is 403. The Hall–Kier alpha value is -1.52. The van der Waals surface area contributed by atoms with Crippen LogP contribution in [0.5, 0.6) is 0 Å². The van der Waals surface area contributed by atoms with Crippen molar-refractivity contribution in [3.63, 3.8) is 0 Å². The summed E-state index contributed by atoms with van der Waals surface area (Å²) in [6.45, 7) is 6.36. The number of aryl methyl sites for hydroxylation is 2. The third-order valence-corrected chi connectivity index (χ3v) is 2.18. The SMILES string of the molecule is CCOC(=O)Cn1c(C)cn(CC)c1=O. The second kappa shape index (κ2) is 4.82. The van der Waals surface area contributed by atoms with Gasteiger partial charge in [0.15, 0.2) is 0 Å². The van der Waals surface area contributed by atoms with E-state index in [0.717, 1.165) is 5.69 Å². The van der Waals surface area contributed by atoms with E-state index in [2.05, 4.69) is 0 Å². The van der Waals surface area contributed by atoms with Crippen LogP contribution in [-0.4, -0.2) is 21.7 Å². The highest BCUT2D eigenvalue weighted by Crippen LogP contribution is 1.96.